The van der Waals surface area contributed by atoms with Gasteiger partial charge in [-0.2, -0.15) is 0 Å². The second-order valence-corrected chi connectivity index (χ2v) is 12.7. The van der Waals surface area contributed by atoms with Crippen molar-refractivity contribution in [1.29, 1.82) is 0 Å². The monoisotopic (exact) mass is 619 g/mol. The zero-order valence-electron chi connectivity index (χ0n) is 22.6. The van der Waals surface area contributed by atoms with Crippen molar-refractivity contribution in [1.82, 2.24) is 10.2 Å². The molecule has 0 radical (unpaired) electrons. The molecule has 2 amide bonds. The fourth-order valence-corrected chi connectivity index (χ4v) is 6.77. The number of carbonyl (C=O) groups is 2. The molecule has 3 aromatic carbocycles. The molecule has 0 aromatic heterocycles. The van der Waals surface area contributed by atoms with Crippen LogP contribution in [-0.4, -0.2) is 43.8 Å². The number of nitrogens with one attached hydrogen (secondary N) is 1. The second kappa shape index (κ2) is 13.7. The smallest absolute Gasteiger partial charge is 0.264 e. The van der Waals surface area contributed by atoms with E-state index in [0.717, 1.165) is 36.4 Å². The molecular weight excluding hydrogens is 588 g/mol. The summed E-state index contributed by atoms with van der Waals surface area (Å²) >= 11 is 12.7. The van der Waals surface area contributed by atoms with Gasteiger partial charge in [0.15, 0.2) is 0 Å². The average Bonchev–Trinajstić information content (AvgIpc) is 2.97. The lowest BCUT2D eigenvalue weighted by Crippen LogP contribution is -2.53. The lowest BCUT2D eigenvalue weighted by atomic mass is 9.95. The molecule has 1 aliphatic carbocycles. The Kier molecular flexibility index (Phi) is 10.3. The highest BCUT2D eigenvalue weighted by atomic mass is 35.5. The molecule has 1 fully saturated rings. The van der Waals surface area contributed by atoms with E-state index in [1.165, 1.54) is 53.4 Å². The molecule has 1 atom stereocenters. The van der Waals surface area contributed by atoms with Gasteiger partial charge in [-0.15, -0.1) is 0 Å². The highest BCUT2D eigenvalue weighted by Gasteiger charge is 2.34. The molecule has 4 rings (SSSR count). The summed E-state index contributed by atoms with van der Waals surface area (Å²) in [6, 6.07) is 17.0. The van der Waals surface area contributed by atoms with Crippen LogP contribution in [0.4, 0.5) is 10.1 Å². The third-order valence-electron chi connectivity index (χ3n) is 7.23. The van der Waals surface area contributed by atoms with Crippen molar-refractivity contribution in [3.05, 3.63) is 94.2 Å². The number of hydrogen-bond donors (Lipinski definition) is 1. The summed E-state index contributed by atoms with van der Waals surface area (Å²) in [4.78, 5) is 28.5. The molecule has 41 heavy (non-hydrogen) atoms. The van der Waals surface area contributed by atoms with Gasteiger partial charge in [0.1, 0.15) is 18.4 Å². The van der Waals surface area contributed by atoms with Gasteiger partial charge in [0, 0.05) is 18.2 Å². The van der Waals surface area contributed by atoms with E-state index < -0.39 is 34.3 Å². The van der Waals surface area contributed by atoms with Crippen LogP contribution in [0.2, 0.25) is 10.0 Å². The number of amides is 2. The Labute approximate surface area is 250 Å². The predicted molar refractivity (Wildman–Crippen MR) is 159 cm³/mol. The van der Waals surface area contributed by atoms with Crippen molar-refractivity contribution in [2.24, 2.45) is 0 Å². The largest absolute Gasteiger partial charge is 0.352 e. The molecule has 3 aromatic rings. The van der Waals surface area contributed by atoms with Crippen LogP contribution >= 0.6 is 23.2 Å². The number of halogens is 3. The number of sulfonamides is 1. The van der Waals surface area contributed by atoms with Crippen LogP contribution in [0.25, 0.3) is 0 Å². The highest BCUT2D eigenvalue weighted by molar-refractivity contribution is 7.92. The number of carbonyl (C=O) groups excluding carboxylic acids is 2. The molecule has 0 bridgehead atoms. The summed E-state index contributed by atoms with van der Waals surface area (Å²) in [5.74, 6) is -1.65. The van der Waals surface area contributed by atoms with Gasteiger partial charge in [-0.3, -0.25) is 13.9 Å². The third kappa shape index (κ3) is 7.39. The molecule has 0 spiro atoms. The van der Waals surface area contributed by atoms with E-state index in [1.54, 1.807) is 31.2 Å². The van der Waals surface area contributed by atoms with Gasteiger partial charge < -0.3 is 10.2 Å². The number of benzene rings is 3. The van der Waals surface area contributed by atoms with Gasteiger partial charge in [0.05, 0.1) is 20.6 Å². The molecule has 0 aliphatic heterocycles. The van der Waals surface area contributed by atoms with Crippen molar-refractivity contribution in [2.45, 2.75) is 62.6 Å². The van der Waals surface area contributed by atoms with Gasteiger partial charge in [0.25, 0.3) is 10.0 Å². The van der Waals surface area contributed by atoms with Crippen molar-refractivity contribution in [2.75, 3.05) is 10.8 Å². The molecule has 218 valence electrons. The van der Waals surface area contributed by atoms with Crippen LogP contribution in [-0.2, 0) is 26.2 Å². The van der Waals surface area contributed by atoms with E-state index in [-0.39, 0.29) is 44.7 Å². The maximum Gasteiger partial charge on any atom is 0.264 e. The van der Waals surface area contributed by atoms with E-state index in [2.05, 4.69) is 5.32 Å². The fourth-order valence-electron chi connectivity index (χ4n) is 4.88. The highest BCUT2D eigenvalue weighted by Crippen LogP contribution is 2.35. The number of nitrogens with zero attached hydrogens (tertiary/aromatic N) is 2. The van der Waals surface area contributed by atoms with Crippen molar-refractivity contribution < 1.29 is 22.4 Å². The molecule has 0 heterocycles. The Balaban J connectivity index is 1.71. The summed E-state index contributed by atoms with van der Waals surface area (Å²) in [7, 11) is -4.30. The van der Waals surface area contributed by atoms with E-state index in [9.17, 15) is 22.4 Å². The van der Waals surface area contributed by atoms with Crippen LogP contribution < -0.4 is 9.62 Å². The zero-order valence-corrected chi connectivity index (χ0v) is 24.9. The predicted octanol–water partition coefficient (Wildman–Crippen LogP) is 6.19. The van der Waals surface area contributed by atoms with Gasteiger partial charge in [-0.25, -0.2) is 12.8 Å². The normalized spacial score (nSPS) is 14.7. The molecule has 1 aliphatic rings. The molecule has 11 heteroatoms. The second-order valence-electron chi connectivity index (χ2n) is 10.0. The summed E-state index contributed by atoms with van der Waals surface area (Å²) in [5.41, 5.74) is 0.193. The van der Waals surface area contributed by atoms with Gasteiger partial charge in [-0.05, 0) is 50.1 Å². The third-order valence-corrected chi connectivity index (χ3v) is 9.81. The summed E-state index contributed by atoms with van der Waals surface area (Å²) in [6.07, 6.45) is 4.80. The Bertz CT molecular complexity index is 1480. The first kappa shape index (κ1) is 30.8. The number of rotatable bonds is 10. The molecular formula is C30H32Cl2FN3O4S. The minimum Gasteiger partial charge on any atom is -0.352 e. The van der Waals surface area contributed by atoms with Gasteiger partial charge >= 0.3 is 0 Å². The van der Waals surface area contributed by atoms with Crippen LogP contribution in [0.5, 0.6) is 0 Å². The van der Waals surface area contributed by atoms with Crippen molar-refractivity contribution in [3.8, 4) is 0 Å². The van der Waals surface area contributed by atoms with Crippen LogP contribution in [0.1, 0.15) is 44.6 Å². The Morgan fingerprint density at radius 1 is 0.951 bits per heavy atom. The molecule has 1 saturated carbocycles. The number of hydrogen-bond acceptors (Lipinski definition) is 4. The van der Waals surface area contributed by atoms with E-state index >= 15 is 0 Å². The first-order valence-electron chi connectivity index (χ1n) is 13.4. The molecule has 0 unspecified atom stereocenters. The molecule has 7 nitrogen and oxygen atoms in total. The zero-order chi connectivity index (χ0) is 29.6. The van der Waals surface area contributed by atoms with E-state index in [0.29, 0.717) is 0 Å². The minimum atomic E-state index is -4.30. The lowest BCUT2D eigenvalue weighted by Gasteiger charge is -2.33. The van der Waals surface area contributed by atoms with Crippen molar-refractivity contribution in [3.63, 3.8) is 0 Å². The summed E-state index contributed by atoms with van der Waals surface area (Å²) in [6.45, 7) is 0.610. The maximum absolute atomic E-state index is 14.7. The standard InChI is InChI=1S/C30H32Cl2FN3O4S/c1-21(30(38)34-23-12-4-2-5-13-23)35(19-22-11-8-9-17-26(22)33)28(37)20-36(27-18-10-16-25(31)29(27)32)41(39,40)24-14-6-3-7-15-24/h3,6-11,14-18,21,23H,2,4-5,12-13,19-20H2,1H3,(H,34,38)/t21-/m0/s1. The maximum atomic E-state index is 14.7. The van der Waals surface area contributed by atoms with Crippen molar-refractivity contribution >= 4 is 50.7 Å². The quantitative estimate of drug-likeness (QED) is 0.293. The minimum absolute atomic E-state index is 0.00141. The number of anilines is 1. The first-order chi connectivity index (χ1) is 19.6. The molecule has 1 N–H and O–H groups in total. The van der Waals surface area contributed by atoms with E-state index in [4.69, 9.17) is 23.2 Å². The van der Waals surface area contributed by atoms with Crippen LogP contribution in [0, 0.1) is 5.82 Å². The summed E-state index contributed by atoms with van der Waals surface area (Å²) < 4.78 is 43.3. The fraction of sp³-hybridized carbons (Fsp3) is 0.333. The Morgan fingerprint density at radius 3 is 2.29 bits per heavy atom. The first-order valence-corrected chi connectivity index (χ1v) is 15.6. The van der Waals surface area contributed by atoms with Crippen LogP contribution in [0.15, 0.2) is 77.7 Å². The van der Waals surface area contributed by atoms with E-state index in [1.807, 2.05) is 0 Å². The SMILES string of the molecule is C[C@@H](C(=O)NC1CCCCC1)N(Cc1ccccc1F)C(=O)CN(c1cccc(Cl)c1Cl)S(=O)(=O)c1ccccc1. The van der Waals surface area contributed by atoms with Gasteiger partial charge in [0.2, 0.25) is 11.8 Å². The Morgan fingerprint density at radius 2 is 1.61 bits per heavy atom. The lowest BCUT2D eigenvalue weighted by molar-refractivity contribution is -0.139. The average molecular weight is 621 g/mol. The van der Waals surface area contributed by atoms with Crippen LogP contribution in [0.3, 0.4) is 0 Å². The Hall–Kier alpha value is -3.14. The van der Waals surface area contributed by atoms with Gasteiger partial charge in [-0.1, -0.05) is 84.9 Å². The topological polar surface area (TPSA) is 86.8 Å². The summed E-state index contributed by atoms with van der Waals surface area (Å²) in [5, 5.41) is 3.07. The molecule has 0 saturated heterocycles.